The van der Waals surface area contributed by atoms with Crippen molar-refractivity contribution in [3.8, 4) is 0 Å². The largest absolute Gasteiger partial charge is 0.501 e. The van der Waals surface area contributed by atoms with Crippen molar-refractivity contribution in [2.75, 3.05) is 88.4 Å². The van der Waals surface area contributed by atoms with Gasteiger partial charge in [-0.25, -0.2) is 0 Å². The van der Waals surface area contributed by atoms with Gasteiger partial charge in [-0.15, -0.1) is 0 Å². The normalized spacial score (nSPS) is 12.4. The minimum absolute atomic E-state index is 0.372. The van der Waals surface area contributed by atoms with E-state index < -0.39 is 5.41 Å². The molecule has 24 heavy (non-hydrogen) atoms. The molecule has 0 unspecified atom stereocenters. The van der Waals surface area contributed by atoms with Crippen molar-refractivity contribution in [1.82, 2.24) is 0 Å². The van der Waals surface area contributed by atoms with Gasteiger partial charge in [0.15, 0.2) is 0 Å². The topological polar surface area (TPSA) is 64.6 Å². The van der Waals surface area contributed by atoms with Gasteiger partial charge in [-0.1, -0.05) is 6.58 Å². The van der Waals surface area contributed by atoms with Crippen molar-refractivity contribution in [2.24, 2.45) is 10.8 Å². The molecule has 0 aromatic heterocycles. The minimum atomic E-state index is -0.420. The summed E-state index contributed by atoms with van der Waals surface area (Å²) in [7, 11) is 8.24. The quantitative estimate of drug-likeness (QED) is 0.367. The summed E-state index contributed by atoms with van der Waals surface area (Å²) >= 11 is 0. The minimum Gasteiger partial charge on any atom is -0.501 e. The molecule has 0 radical (unpaired) electrons. The molecule has 0 saturated carbocycles. The van der Waals surface area contributed by atoms with Crippen LogP contribution < -0.4 is 0 Å². The van der Waals surface area contributed by atoms with Crippen molar-refractivity contribution in [3.05, 3.63) is 12.8 Å². The fraction of sp³-hybridized carbons (Fsp3) is 0.882. The molecule has 7 nitrogen and oxygen atoms in total. The van der Waals surface area contributed by atoms with Crippen LogP contribution in [0.4, 0.5) is 0 Å². The molecule has 144 valence electrons. The van der Waals surface area contributed by atoms with Crippen LogP contribution in [0.3, 0.4) is 0 Å². The molecular weight excluding hydrogens is 316 g/mol. The predicted molar refractivity (Wildman–Crippen MR) is 91.2 cm³/mol. The highest BCUT2D eigenvalue weighted by atomic mass is 16.5. The van der Waals surface area contributed by atoms with Crippen LogP contribution in [0.25, 0.3) is 0 Å². The van der Waals surface area contributed by atoms with E-state index in [0.717, 1.165) is 0 Å². The van der Waals surface area contributed by atoms with E-state index in [-0.39, 0.29) is 5.41 Å². The molecule has 0 fully saturated rings. The standard InChI is InChI=1S/C17H34O7/c1-7-23-13-17(11-21-5,12-22-6)15-24-14-16(8-18-2,9-19-3)10-20-4/h7H,1,8-15H2,2-6H3. The molecule has 0 aromatic carbocycles. The summed E-state index contributed by atoms with van der Waals surface area (Å²) in [5, 5.41) is 0. The van der Waals surface area contributed by atoms with Gasteiger partial charge < -0.3 is 33.2 Å². The zero-order valence-electron chi connectivity index (χ0n) is 15.8. The van der Waals surface area contributed by atoms with Crippen molar-refractivity contribution < 1.29 is 33.2 Å². The average molecular weight is 350 g/mol. The molecule has 0 aliphatic carbocycles. The third-order valence-electron chi connectivity index (χ3n) is 3.58. The highest BCUT2D eigenvalue weighted by Crippen LogP contribution is 2.24. The number of methoxy groups -OCH3 is 5. The number of hydrogen-bond donors (Lipinski definition) is 0. The second kappa shape index (κ2) is 13.6. The van der Waals surface area contributed by atoms with Crippen molar-refractivity contribution in [3.63, 3.8) is 0 Å². The summed E-state index contributed by atoms with van der Waals surface area (Å²) < 4.78 is 38.0. The lowest BCUT2D eigenvalue weighted by atomic mass is 9.90. The van der Waals surface area contributed by atoms with E-state index in [2.05, 4.69) is 6.58 Å². The fourth-order valence-electron chi connectivity index (χ4n) is 2.75. The summed E-state index contributed by atoms with van der Waals surface area (Å²) in [6, 6.07) is 0. The molecule has 0 amide bonds. The molecular formula is C17H34O7. The zero-order chi connectivity index (χ0) is 18.3. The third-order valence-corrected chi connectivity index (χ3v) is 3.58. The Hall–Kier alpha value is -0.700. The Morgan fingerprint density at radius 1 is 0.583 bits per heavy atom. The number of hydrogen-bond acceptors (Lipinski definition) is 7. The van der Waals surface area contributed by atoms with Crippen LogP contribution in [0.15, 0.2) is 12.8 Å². The Bertz CT molecular complexity index is 286. The molecule has 0 heterocycles. The summed E-state index contributed by atoms with van der Waals surface area (Å²) in [6.45, 7) is 7.11. The van der Waals surface area contributed by atoms with E-state index in [1.807, 2.05) is 0 Å². The van der Waals surface area contributed by atoms with E-state index in [0.29, 0.717) is 52.9 Å². The lowest BCUT2D eigenvalue weighted by Crippen LogP contribution is -2.45. The number of ether oxygens (including phenoxy) is 7. The first kappa shape index (κ1) is 23.3. The molecule has 0 atom stereocenters. The lowest BCUT2D eigenvalue weighted by molar-refractivity contribution is -0.122. The first-order valence-corrected chi connectivity index (χ1v) is 7.82. The summed E-state index contributed by atoms with van der Waals surface area (Å²) in [4.78, 5) is 0. The molecule has 0 aromatic rings. The highest BCUT2D eigenvalue weighted by molar-refractivity contribution is 4.83. The second-order valence-corrected chi connectivity index (χ2v) is 6.14. The van der Waals surface area contributed by atoms with Gasteiger partial charge in [0.2, 0.25) is 0 Å². The molecule has 0 N–H and O–H groups in total. The van der Waals surface area contributed by atoms with Crippen molar-refractivity contribution in [2.45, 2.75) is 0 Å². The Morgan fingerprint density at radius 3 is 1.21 bits per heavy atom. The van der Waals surface area contributed by atoms with E-state index in [4.69, 9.17) is 33.2 Å². The van der Waals surface area contributed by atoms with Crippen LogP contribution in [0.1, 0.15) is 0 Å². The van der Waals surface area contributed by atoms with Crippen LogP contribution in [0.2, 0.25) is 0 Å². The molecule has 0 saturated heterocycles. The first-order chi connectivity index (χ1) is 11.6. The van der Waals surface area contributed by atoms with Gasteiger partial charge in [-0.2, -0.15) is 0 Å². The lowest BCUT2D eigenvalue weighted by Gasteiger charge is -2.35. The van der Waals surface area contributed by atoms with Crippen LogP contribution >= 0.6 is 0 Å². The maximum Gasteiger partial charge on any atom is 0.0995 e. The van der Waals surface area contributed by atoms with E-state index in [1.54, 1.807) is 35.5 Å². The van der Waals surface area contributed by atoms with Gasteiger partial charge in [-0.3, -0.25) is 0 Å². The second-order valence-electron chi connectivity index (χ2n) is 6.14. The van der Waals surface area contributed by atoms with E-state index in [1.165, 1.54) is 6.26 Å². The van der Waals surface area contributed by atoms with Gasteiger partial charge in [-0.05, 0) is 0 Å². The average Bonchev–Trinajstić information content (AvgIpc) is 2.54. The van der Waals surface area contributed by atoms with Gasteiger partial charge in [0.05, 0.1) is 69.9 Å². The predicted octanol–water partition coefficient (Wildman–Crippen LogP) is 1.37. The number of rotatable bonds is 17. The molecule has 0 bridgehead atoms. The maximum absolute atomic E-state index is 6.01. The van der Waals surface area contributed by atoms with E-state index in [9.17, 15) is 0 Å². The van der Waals surface area contributed by atoms with Crippen molar-refractivity contribution >= 4 is 0 Å². The van der Waals surface area contributed by atoms with Crippen LogP contribution in [-0.4, -0.2) is 88.4 Å². The van der Waals surface area contributed by atoms with Crippen LogP contribution in [-0.2, 0) is 33.2 Å². The fourth-order valence-corrected chi connectivity index (χ4v) is 2.75. The SMILES string of the molecule is C=COCC(COC)(COC)COCC(COC)(COC)COC. The van der Waals surface area contributed by atoms with Crippen LogP contribution in [0.5, 0.6) is 0 Å². The maximum atomic E-state index is 6.01. The van der Waals surface area contributed by atoms with Crippen molar-refractivity contribution in [1.29, 1.82) is 0 Å². The molecule has 0 aliphatic rings. The summed E-state index contributed by atoms with van der Waals surface area (Å²) in [5.41, 5.74) is -0.792. The smallest absolute Gasteiger partial charge is 0.0995 e. The molecule has 0 rings (SSSR count). The van der Waals surface area contributed by atoms with Gasteiger partial charge in [0.25, 0.3) is 0 Å². The molecule has 0 aliphatic heterocycles. The Kier molecular flexibility index (Phi) is 13.2. The third kappa shape index (κ3) is 8.41. The first-order valence-electron chi connectivity index (χ1n) is 7.82. The summed E-state index contributed by atoms with van der Waals surface area (Å²) in [6.07, 6.45) is 1.41. The molecule has 7 heteroatoms. The Morgan fingerprint density at radius 2 is 0.917 bits per heavy atom. The highest BCUT2D eigenvalue weighted by Gasteiger charge is 2.36. The Balaban J connectivity index is 4.91. The van der Waals surface area contributed by atoms with Gasteiger partial charge in [0, 0.05) is 35.5 Å². The zero-order valence-corrected chi connectivity index (χ0v) is 15.8. The van der Waals surface area contributed by atoms with Gasteiger partial charge in [0.1, 0.15) is 0 Å². The van der Waals surface area contributed by atoms with Gasteiger partial charge >= 0.3 is 0 Å². The Labute approximate surface area is 146 Å². The van der Waals surface area contributed by atoms with Crippen LogP contribution in [0, 0.1) is 10.8 Å². The summed E-state index contributed by atoms with van der Waals surface area (Å²) in [5.74, 6) is 0. The molecule has 0 spiro atoms. The van der Waals surface area contributed by atoms with E-state index >= 15 is 0 Å². The monoisotopic (exact) mass is 350 g/mol.